The van der Waals surface area contributed by atoms with Gasteiger partial charge in [-0.1, -0.05) is 54.3 Å². The van der Waals surface area contributed by atoms with Crippen LogP contribution >= 0.6 is 24.0 Å². The fraction of sp³-hybridized carbons (Fsp3) is 0.0455. The predicted molar refractivity (Wildman–Crippen MR) is 115 cm³/mol. The van der Waals surface area contributed by atoms with Gasteiger partial charge in [0, 0.05) is 0 Å². The monoisotopic (exact) mass is 421 g/mol. The van der Waals surface area contributed by atoms with Gasteiger partial charge >= 0.3 is 5.97 Å². The highest BCUT2D eigenvalue weighted by Crippen LogP contribution is 2.34. The van der Waals surface area contributed by atoms with E-state index in [1.165, 1.54) is 16.7 Å². The highest BCUT2D eigenvalue weighted by Gasteiger charge is 2.32. The maximum Gasteiger partial charge on any atom is 0.343 e. The number of ether oxygens (including phenoxy) is 1. The predicted octanol–water partition coefficient (Wildman–Crippen LogP) is 4.90. The SMILES string of the molecule is O=C(Oc1cccc(/C=C2\SC(=S)N(Cc3ccco3)C2=O)c1)c1ccccc1. The van der Waals surface area contributed by atoms with Crippen LogP contribution in [0.5, 0.6) is 5.75 Å². The molecule has 4 rings (SSSR count). The molecule has 0 unspecified atom stereocenters. The van der Waals surface area contributed by atoms with E-state index in [1.807, 2.05) is 12.1 Å². The van der Waals surface area contributed by atoms with Crippen molar-refractivity contribution in [2.45, 2.75) is 6.54 Å². The molecular formula is C22H15NO4S2. The number of hydrogen-bond acceptors (Lipinski definition) is 6. The fourth-order valence-electron chi connectivity index (χ4n) is 2.75. The second-order valence-electron chi connectivity index (χ2n) is 6.18. The lowest BCUT2D eigenvalue weighted by Gasteiger charge is -2.12. The Bertz CT molecular complexity index is 1090. The average Bonchev–Trinajstić information content (AvgIpc) is 3.33. The smallest absolute Gasteiger partial charge is 0.343 e. The zero-order valence-electron chi connectivity index (χ0n) is 15.1. The van der Waals surface area contributed by atoms with Crippen molar-refractivity contribution in [3.8, 4) is 5.75 Å². The van der Waals surface area contributed by atoms with Crippen molar-refractivity contribution in [1.29, 1.82) is 0 Å². The van der Waals surface area contributed by atoms with Crippen LogP contribution in [0.3, 0.4) is 0 Å². The lowest BCUT2D eigenvalue weighted by molar-refractivity contribution is -0.122. The summed E-state index contributed by atoms with van der Waals surface area (Å²) >= 11 is 6.57. The van der Waals surface area contributed by atoms with Gasteiger partial charge in [-0.05, 0) is 48.0 Å². The molecule has 1 fully saturated rings. The van der Waals surface area contributed by atoms with Crippen LogP contribution in [0.25, 0.3) is 6.08 Å². The third-order valence-corrected chi connectivity index (χ3v) is 5.52. The lowest BCUT2D eigenvalue weighted by atomic mass is 10.2. The van der Waals surface area contributed by atoms with E-state index in [4.69, 9.17) is 21.4 Å². The van der Waals surface area contributed by atoms with E-state index in [2.05, 4.69) is 0 Å². The first-order valence-electron chi connectivity index (χ1n) is 8.75. The average molecular weight is 421 g/mol. The van der Waals surface area contributed by atoms with E-state index in [0.29, 0.717) is 32.8 Å². The van der Waals surface area contributed by atoms with Gasteiger partial charge in [0.05, 0.1) is 23.3 Å². The van der Waals surface area contributed by atoms with Gasteiger partial charge < -0.3 is 9.15 Å². The Hall–Kier alpha value is -3.16. The highest BCUT2D eigenvalue weighted by molar-refractivity contribution is 8.26. The molecule has 3 aromatic rings. The summed E-state index contributed by atoms with van der Waals surface area (Å²) in [5.74, 6) is 0.451. The molecule has 0 radical (unpaired) electrons. The molecule has 1 aliphatic heterocycles. The Morgan fingerprint density at radius 3 is 2.69 bits per heavy atom. The van der Waals surface area contributed by atoms with Gasteiger partial charge in [0.2, 0.25) is 0 Å². The van der Waals surface area contributed by atoms with Crippen LogP contribution in [-0.4, -0.2) is 21.1 Å². The molecule has 1 saturated heterocycles. The van der Waals surface area contributed by atoms with E-state index < -0.39 is 5.97 Å². The van der Waals surface area contributed by atoms with Crippen LogP contribution in [0.1, 0.15) is 21.7 Å². The minimum atomic E-state index is -0.437. The van der Waals surface area contributed by atoms with Gasteiger partial charge in [-0.25, -0.2) is 4.79 Å². The molecule has 2 heterocycles. The summed E-state index contributed by atoms with van der Waals surface area (Å²) in [6, 6.07) is 19.3. The van der Waals surface area contributed by atoms with Crippen LogP contribution in [0.4, 0.5) is 0 Å². The molecule has 1 amide bonds. The molecule has 7 heteroatoms. The van der Waals surface area contributed by atoms with Gasteiger partial charge in [-0.15, -0.1) is 0 Å². The fourth-order valence-corrected chi connectivity index (χ4v) is 4.01. The minimum Gasteiger partial charge on any atom is -0.467 e. The molecule has 0 bridgehead atoms. The number of carbonyl (C=O) groups excluding carboxylic acids is 2. The lowest BCUT2D eigenvalue weighted by Crippen LogP contribution is -2.27. The van der Waals surface area contributed by atoms with Crippen molar-refractivity contribution >= 4 is 46.3 Å². The molecule has 0 N–H and O–H groups in total. The number of nitrogens with zero attached hydrogens (tertiary/aromatic N) is 1. The summed E-state index contributed by atoms with van der Waals surface area (Å²) in [4.78, 5) is 27.0. The third-order valence-electron chi connectivity index (χ3n) is 4.14. The van der Waals surface area contributed by atoms with Gasteiger partial charge in [0.15, 0.2) is 0 Å². The van der Waals surface area contributed by atoms with Crippen molar-refractivity contribution < 1.29 is 18.7 Å². The number of thiocarbonyl (C=S) groups is 1. The van der Waals surface area contributed by atoms with Crippen LogP contribution in [0, 0.1) is 0 Å². The van der Waals surface area contributed by atoms with E-state index in [-0.39, 0.29) is 5.91 Å². The van der Waals surface area contributed by atoms with Crippen LogP contribution in [0.2, 0.25) is 0 Å². The summed E-state index contributed by atoms with van der Waals surface area (Å²) in [5, 5.41) is 0. The van der Waals surface area contributed by atoms with Gasteiger partial charge in [0.1, 0.15) is 15.8 Å². The molecule has 144 valence electrons. The summed E-state index contributed by atoms with van der Waals surface area (Å²) in [6.45, 7) is 0.295. The van der Waals surface area contributed by atoms with Crippen LogP contribution in [-0.2, 0) is 11.3 Å². The maximum atomic E-state index is 12.7. The van der Waals surface area contributed by atoms with Gasteiger partial charge in [-0.2, -0.15) is 0 Å². The third kappa shape index (κ3) is 4.47. The van der Waals surface area contributed by atoms with Crippen molar-refractivity contribution in [1.82, 2.24) is 4.90 Å². The molecule has 1 aliphatic rings. The number of amides is 1. The number of furan rings is 1. The zero-order chi connectivity index (χ0) is 20.2. The summed E-state index contributed by atoms with van der Waals surface area (Å²) < 4.78 is 11.2. The second-order valence-corrected chi connectivity index (χ2v) is 7.85. The summed E-state index contributed by atoms with van der Waals surface area (Å²) in [5.41, 5.74) is 1.21. The van der Waals surface area contributed by atoms with Gasteiger partial charge in [-0.3, -0.25) is 9.69 Å². The molecule has 5 nitrogen and oxygen atoms in total. The van der Waals surface area contributed by atoms with E-state index in [1.54, 1.807) is 66.9 Å². The van der Waals surface area contributed by atoms with Crippen molar-refractivity contribution in [2.75, 3.05) is 0 Å². The number of rotatable bonds is 5. The number of thioether (sulfide) groups is 1. The molecule has 1 aromatic heterocycles. The highest BCUT2D eigenvalue weighted by atomic mass is 32.2. The molecule has 2 aromatic carbocycles. The topological polar surface area (TPSA) is 59.8 Å². The van der Waals surface area contributed by atoms with Gasteiger partial charge in [0.25, 0.3) is 5.91 Å². The first-order valence-corrected chi connectivity index (χ1v) is 9.98. The Kier molecular flexibility index (Phi) is 5.59. The van der Waals surface area contributed by atoms with Crippen molar-refractivity contribution in [3.63, 3.8) is 0 Å². The Balaban J connectivity index is 1.50. The van der Waals surface area contributed by atoms with E-state index in [0.717, 1.165) is 5.56 Å². The molecule has 0 spiro atoms. The maximum absolute atomic E-state index is 12.7. The second kappa shape index (κ2) is 8.46. The number of carbonyl (C=O) groups is 2. The van der Waals surface area contributed by atoms with Crippen LogP contribution < -0.4 is 4.74 Å². The number of hydrogen-bond donors (Lipinski definition) is 0. The largest absolute Gasteiger partial charge is 0.467 e. The normalized spacial score (nSPS) is 15.2. The Morgan fingerprint density at radius 2 is 1.93 bits per heavy atom. The molecular weight excluding hydrogens is 406 g/mol. The molecule has 0 aliphatic carbocycles. The van der Waals surface area contributed by atoms with Crippen molar-refractivity contribution in [3.05, 3.63) is 94.8 Å². The first kappa shape index (κ1) is 19.2. The number of esters is 1. The van der Waals surface area contributed by atoms with Crippen molar-refractivity contribution in [2.24, 2.45) is 0 Å². The Morgan fingerprint density at radius 1 is 1.10 bits per heavy atom. The molecule has 0 atom stereocenters. The quantitative estimate of drug-likeness (QED) is 0.253. The van der Waals surface area contributed by atoms with E-state index in [9.17, 15) is 9.59 Å². The van der Waals surface area contributed by atoms with Crippen LogP contribution in [0.15, 0.2) is 82.3 Å². The molecule has 29 heavy (non-hydrogen) atoms. The standard InChI is InChI=1S/C22H15NO4S2/c24-20-19(29-22(28)23(20)14-18-10-5-11-26-18)13-15-6-4-9-17(12-15)27-21(25)16-7-2-1-3-8-16/h1-13H,14H2/b19-13-. The first-order chi connectivity index (χ1) is 14.1. The Labute approximate surface area is 177 Å². The summed E-state index contributed by atoms with van der Waals surface area (Å²) in [6.07, 6.45) is 3.30. The number of benzene rings is 2. The van der Waals surface area contributed by atoms with E-state index >= 15 is 0 Å². The molecule has 0 saturated carbocycles. The summed E-state index contributed by atoms with van der Waals surface area (Å²) in [7, 11) is 0. The zero-order valence-corrected chi connectivity index (χ0v) is 16.7. The minimum absolute atomic E-state index is 0.178.